The number of rotatable bonds is 5. The van der Waals surface area contributed by atoms with Crippen LogP contribution in [0.5, 0.6) is 0 Å². The first-order valence-electron chi connectivity index (χ1n) is 7.98. The number of hydrogen-bond donors (Lipinski definition) is 1. The Kier molecular flexibility index (Phi) is 4.46. The molecule has 116 valence electrons. The minimum atomic E-state index is 0.346. The summed E-state index contributed by atoms with van der Waals surface area (Å²) < 4.78 is 0. The van der Waals surface area contributed by atoms with E-state index in [-0.39, 0.29) is 0 Å². The lowest BCUT2D eigenvalue weighted by Crippen LogP contribution is -2.29. The van der Waals surface area contributed by atoms with Crippen LogP contribution in [0, 0.1) is 0 Å². The lowest BCUT2D eigenvalue weighted by Gasteiger charge is -2.23. The van der Waals surface area contributed by atoms with Gasteiger partial charge in [0.1, 0.15) is 0 Å². The van der Waals surface area contributed by atoms with Crippen molar-refractivity contribution >= 4 is 5.69 Å². The van der Waals surface area contributed by atoms with Gasteiger partial charge in [0.25, 0.3) is 0 Å². The first-order valence-corrected chi connectivity index (χ1v) is 7.98. The first-order chi connectivity index (χ1) is 10.7. The van der Waals surface area contributed by atoms with Gasteiger partial charge in [0.2, 0.25) is 0 Å². The molecule has 0 amide bonds. The van der Waals surface area contributed by atoms with Crippen LogP contribution in [-0.4, -0.2) is 32.1 Å². The summed E-state index contributed by atoms with van der Waals surface area (Å²) in [5.74, 6) is 0. The van der Waals surface area contributed by atoms with Crippen molar-refractivity contribution in [3.05, 3.63) is 65.2 Å². The van der Waals surface area contributed by atoms with Gasteiger partial charge in [-0.2, -0.15) is 0 Å². The van der Waals surface area contributed by atoms with Crippen LogP contribution in [-0.2, 0) is 13.0 Å². The van der Waals surface area contributed by atoms with E-state index in [1.54, 1.807) is 0 Å². The van der Waals surface area contributed by atoms with Crippen LogP contribution < -0.4 is 10.6 Å². The predicted octanol–water partition coefficient (Wildman–Crippen LogP) is 2.81. The fraction of sp³-hybridized carbons (Fsp3) is 0.368. The van der Waals surface area contributed by atoms with Gasteiger partial charge in [-0.05, 0) is 29.2 Å². The molecule has 0 saturated heterocycles. The Hall–Kier alpha value is -1.84. The van der Waals surface area contributed by atoms with Gasteiger partial charge in [-0.15, -0.1) is 0 Å². The monoisotopic (exact) mass is 295 g/mol. The van der Waals surface area contributed by atoms with E-state index in [1.165, 1.54) is 22.4 Å². The Morgan fingerprint density at radius 2 is 1.86 bits per heavy atom. The largest absolute Gasteiger partial charge is 0.377 e. The van der Waals surface area contributed by atoms with Crippen LogP contribution in [0.15, 0.2) is 48.5 Å². The Morgan fingerprint density at radius 1 is 1.09 bits per heavy atom. The van der Waals surface area contributed by atoms with Crippen molar-refractivity contribution < 1.29 is 0 Å². The average molecular weight is 295 g/mol. The summed E-state index contributed by atoms with van der Waals surface area (Å²) >= 11 is 0. The van der Waals surface area contributed by atoms with Crippen molar-refractivity contribution in [3.63, 3.8) is 0 Å². The van der Waals surface area contributed by atoms with E-state index in [2.05, 4.69) is 72.4 Å². The molecular weight excluding hydrogens is 270 g/mol. The first kappa shape index (κ1) is 15.1. The molecule has 1 atom stereocenters. The number of anilines is 1. The van der Waals surface area contributed by atoms with Crippen LogP contribution in [0.4, 0.5) is 5.69 Å². The third-order valence-electron chi connectivity index (χ3n) is 4.58. The van der Waals surface area contributed by atoms with Gasteiger partial charge in [-0.25, -0.2) is 0 Å². The maximum atomic E-state index is 6.08. The van der Waals surface area contributed by atoms with Gasteiger partial charge < -0.3 is 10.6 Å². The van der Waals surface area contributed by atoms with E-state index in [4.69, 9.17) is 5.73 Å². The Balaban J connectivity index is 1.78. The highest BCUT2D eigenvalue weighted by Crippen LogP contribution is 2.37. The van der Waals surface area contributed by atoms with Gasteiger partial charge in [-0.3, -0.25) is 4.90 Å². The van der Waals surface area contributed by atoms with Crippen molar-refractivity contribution in [1.29, 1.82) is 0 Å². The van der Waals surface area contributed by atoms with Crippen molar-refractivity contribution in [1.82, 2.24) is 4.90 Å². The minimum absolute atomic E-state index is 0.346. The van der Waals surface area contributed by atoms with E-state index in [0.717, 1.165) is 19.5 Å². The number of fused-ring (bicyclic) bond motifs is 1. The molecule has 1 aliphatic heterocycles. The van der Waals surface area contributed by atoms with Crippen molar-refractivity contribution in [2.24, 2.45) is 5.73 Å². The van der Waals surface area contributed by atoms with E-state index in [9.17, 15) is 0 Å². The summed E-state index contributed by atoms with van der Waals surface area (Å²) in [7, 11) is 4.22. The summed E-state index contributed by atoms with van der Waals surface area (Å²) in [6, 6.07) is 17.6. The molecule has 0 saturated carbocycles. The van der Waals surface area contributed by atoms with Crippen molar-refractivity contribution in [2.45, 2.75) is 19.0 Å². The topological polar surface area (TPSA) is 32.5 Å². The molecule has 0 bridgehead atoms. The molecule has 1 aliphatic rings. The van der Waals surface area contributed by atoms with E-state index < -0.39 is 0 Å². The molecule has 1 heterocycles. The van der Waals surface area contributed by atoms with Crippen molar-refractivity contribution in [3.8, 4) is 0 Å². The smallest absolute Gasteiger partial charge is 0.0478 e. The minimum Gasteiger partial charge on any atom is -0.377 e. The summed E-state index contributed by atoms with van der Waals surface area (Å²) in [5, 5.41) is 0. The van der Waals surface area contributed by atoms with Crippen LogP contribution in [0.1, 0.15) is 22.7 Å². The molecule has 0 radical (unpaired) electrons. The second kappa shape index (κ2) is 6.51. The predicted molar refractivity (Wildman–Crippen MR) is 93.1 cm³/mol. The number of nitrogens with zero attached hydrogens (tertiary/aromatic N) is 2. The zero-order valence-corrected chi connectivity index (χ0v) is 13.5. The average Bonchev–Trinajstić information content (AvgIpc) is 2.91. The molecule has 0 aromatic heterocycles. The fourth-order valence-corrected chi connectivity index (χ4v) is 3.43. The second-order valence-electron chi connectivity index (χ2n) is 6.20. The molecule has 0 spiro atoms. The third-order valence-corrected chi connectivity index (χ3v) is 4.58. The molecule has 22 heavy (non-hydrogen) atoms. The Morgan fingerprint density at radius 3 is 2.55 bits per heavy atom. The SMILES string of the molecule is CN(C)c1cccc2c1CN(CCc1ccccc1)C2CN. The zero-order valence-electron chi connectivity index (χ0n) is 13.5. The van der Waals surface area contributed by atoms with Gasteiger partial charge in [-0.1, -0.05) is 42.5 Å². The molecule has 0 fully saturated rings. The molecule has 3 heteroatoms. The lowest BCUT2D eigenvalue weighted by atomic mass is 10.0. The molecule has 2 aromatic carbocycles. The van der Waals surface area contributed by atoms with Crippen LogP contribution >= 0.6 is 0 Å². The highest BCUT2D eigenvalue weighted by Gasteiger charge is 2.30. The number of hydrogen-bond acceptors (Lipinski definition) is 3. The van der Waals surface area contributed by atoms with Gasteiger partial charge in [0.05, 0.1) is 0 Å². The van der Waals surface area contributed by atoms with E-state index >= 15 is 0 Å². The summed E-state index contributed by atoms with van der Waals surface area (Å²) in [5.41, 5.74) is 11.6. The zero-order chi connectivity index (χ0) is 15.5. The number of nitrogens with two attached hydrogens (primary N) is 1. The van der Waals surface area contributed by atoms with E-state index in [0.29, 0.717) is 12.6 Å². The Bertz CT molecular complexity index is 622. The van der Waals surface area contributed by atoms with Gasteiger partial charge in [0, 0.05) is 45.5 Å². The molecule has 3 rings (SSSR count). The van der Waals surface area contributed by atoms with Gasteiger partial charge in [0.15, 0.2) is 0 Å². The molecule has 3 nitrogen and oxygen atoms in total. The maximum Gasteiger partial charge on any atom is 0.0478 e. The molecule has 2 N–H and O–H groups in total. The molecule has 1 unspecified atom stereocenters. The van der Waals surface area contributed by atoms with Crippen LogP contribution in [0.3, 0.4) is 0 Å². The quantitative estimate of drug-likeness (QED) is 0.920. The van der Waals surface area contributed by atoms with Crippen molar-refractivity contribution in [2.75, 3.05) is 32.1 Å². The van der Waals surface area contributed by atoms with Crippen LogP contribution in [0.25, 0.3) is 0 Å². The summed E-state index contributed by atoms with van der Waals surface area (Å²) in [4.78, 5) is 4.72. The lowest BCUT2D eigenvalue weighted by molar-refractivity contribution is 0.223. The molecular formula is C19H25N3. The molecule has 0 aliphatic carbocycles. The third kappa shape index (κ3) is 2.87. The maximum absolute atomic E-state index is 6.08. The highest BCUT2D eigenvalue weighted by atomic mass is 15.2. The summed E-state index contributed by atoms with van der Waals surface area (Å²) in [6.07, 6.45) is 1.07. The number of benzene rings is 2. The Labute approximate surface area is 133 Å². The highest BCUT2D eigenvalue weighted by molar-refractivity contribution is 5.58. The summed E-state index contributed by atoms with van der Waals surface area (Å²) in [6.45, 7) is 2.73. The second-order valence-corrected chi connectivity index (χ2v) is 6.20. The standard InChI is InChI=1S/C19H25N3/c1-21(2)18-10-6-9-16-17(18)14-22(19(16)13-20)12-11-15-7-4-3-5-8-15/h3-10,19H,11-14,20H2,1-2H3. The normalized spacial score (nSPS) is 17.5. The van der Waals surface area contributed by atoms with Gasteiger partial charge >= 0.3 is 0 Å². The molecule has 2 aromatic rings. The fourth-order valence-electron chi connectivity index (χ4n) is 3.43. The van der Waals surface area contributed by atoms with Crippen LogP contribution in [0.2, 0.25) is 0 Å². The van der Waals surface area contributed by atoms with E-state index in [1.807, 2.05) is 0 Å².